The van der Waals surface area contributed by atoms with E-state index in [1.165, 1.54) is 25.2 Å². The summed E-state index contributed by atoms with van der Waals surface area (Å²) in [6, 6.07) is 6.67. The molecule has 0 aliphatic carbocycles. The van der Waals surface area contributed by atoms with Gasteiger partial charge in [-0.1, -0.05) is 26.0 Å². The number of halogens is 1. The van der Waals surface area contributed by atoms with Gasteiger partial charge < -0.3 is 20.0 Å². The largest absolute Gasteiger partial charge is 0.357 e. The highest BCUT2D eigenvalue weighted by Gasteiger charge is 2.17. The minimum Gasteiger partial charge on any atom is -0.357 e. The zero-order valence-electron chi connectivity index (χ0n) is 17.4. The van der Waals surface area contributed by atoms with E-state index in [1.54, 1.807) is 0 Å². The number of nitrogens with zero attached hydrogens (tertiary/aromatic N) is 4. The molecule has 0 aromatic heterocycles. The van der Waals surface area contributed by atoms with Crippen molar-refractivity contribution in [3.05, 3.63) is 35.6 Å². The first-order valence-corrected chi connectivity index (χ1v) is 10.2. The number of guanidine groups is 1. The van der Waals surface area contributed by atoms with Crippen LogP contribution in [0.3, 0.4) is 0 Å². The van der Waals surface area contributed by atoms with Crippen LogP contribution in [0.25, 0.3) is 0 Å². The molecule has 1 atom stereocenters. The fourth-order valence-electron chi connectivity index (χ4n) is 3.44. The molecule has 1 aromatic rings. The molecule has 1 heterocycles. The van der Waals surface area contributed by atoms with E-state index in [0.29, 0.717) is 12.5 Å². The molecule has 1 aliphatic rings. The van der Waals surface area contributed by atoms with E-state index >= 15 is 0 Å². The van der Waals surface area contributed by atoms with Gasteiger partial charge in [0.2, 0.25) is 0 Å². The molecule has 0 bridgehead atoms. The molecule has 0 saturated carbocycles. The highest BCUT2D eigenvalue weighted by atomic mass is 19.1. The number of nitrogens with one attached hydrogen (secondary N) is 1. The molecule has 27 heavy (non-hydrogen) atoms. The summed E-state index contributed by atoms with van der Waals surface area (Å²) in [6.07, 6.45) is 0. The normalized spacial score (nSPS) is 17.7. The molecule has 5 nitrogen and oxygen atoms in total. The van der Waals surface area contributed by atoms with Gasteiger partial charge in [-0.05, 0) is 37.1 Å². The molecule has 1 fully saturated rings. The minimum atomic E-state index is -0.199. The van der Waals surface area contributed by atoms with Crippen LogP contribution in [-0.2, 0) is 6.54 Å². The molecule has 152 valence electrons. The number of rotatable bonds is 8. The van der Waals surface area contributed by atoms with Crippen LogP contribution in [0.1, 0.15) is 26.3 Å². The van der Waals surface area contributed by atoms with Crippen molar-refractivity contribution in [2.45, 2.75) is 27.3 Å². The second-order valence-electron chi connectivity index (χ2n) is 7.52. The van der Waals surface area contributed by atoms with Gasteiger partial charge in [0.25, 0.3) is 0 Å². The zero-order chi connectivity index (χ0) is 19.6. The van der Waals surface area contributed by atoms with Crippen LogP contribution in [0.5, 0.6) is 0 Å². The summed E-state index contributed by atoms with van der Waals surface area (Å²) in [6.45, 7) is 15.9. The standard InChI is InChI=1S/C21H36FN5/c1-5-23-21(25(4)17-19-7-9-20(22)10-8-19)24-15-18(3)16-27-13-11-26(6-2)12-14-27/h7-10,18H,5-6,11-17H2,1-4H3,(H,23,24). The van der Waals surface area contributed by atoms with Crippen LogP contribution in [0.2, 0.25) is 0 Å². The fraction of sp³-hybridized carbons (Fsp3) is 0.667. The second-order valence-corrected chi connectivity index (χ2v) is 7.52. The Labute approximate surface area is 164 Å². The maximum absolute atomic E-state index is 13.1. The third-order valence-electron chi connectivity index (χ3n) is 5.06. The van der Waals surface area contributed by atoms with Crippen molar-refractivity contribution in [3.8, 4) is 0 Å². The van der Waals surface area contributed by atoms with Crippen molar-refractivity contribution in [2.75, 3.05) is 59.4 Å². The Morgan fingerprint density at radius 2 is 1.78 bits per heavy atom. The zero-order valence-corrected chi connectivity index (χ0v) is 17.4. The Bertz CT molecular complexity index is 566. The predicted molar refractivity (Wildman–Crippen MR) is 112 cm³/mol. The minimum absolute atomic E-state index is 0.199. The molecule has 1 saturated heterocycles. The molecular weight excluding hydrogens is 341 g/mol. The Balaban J connectivity index is 1.85. The van der Waals surface area contributed by atoms with Crippen molar-refractivity contribution in [1.29, 1.82) is 0 Å². The highest BCUT2D eigenvalue weighted by Crippen LogP contribution is 2.08. The molecular formula is C21H36FN5. The van der Waals surface area contributed by atoms with Crippen molar-refractivity contribution in [2.24, 2.45) is 10.9 Å². The molecule has 0 radical (unpaired) electrons. The summed E-state index contributed by atoms with van der Waals surface area (Å²) in [5.41, 5.74) is 1.08. The lowest BCUT2D eigenvalue weighted by Crippen LogP contribution is -2.47. The fourth-order valence-corrected chi connectivity index (χ4v) is 3.44. The van der Waals surface area contributed by atoms with Gasteiger partial charge in [-0.2, -0.15) is 0 Å². The average molecular weight is 378 g/mol. The number of aliphatic imine (C=N–C) groups is 1. The van der Waals surface area contributed by atoms with E-state index in [2.05, 4.69) is 40.8 Å². The molecule has 1 unspecified atom stereocenters. The summed E-state index contributed by atoms with van der Waals surface area (Å²) >= 11 is 0. The lowest BCUT2D eigenvalue weighted by Gasteiger charge is -2.35. The summed E-state index contributed by atoms with van der Waals surface area (Å²) in [4.78, 5) is 12.0. The molecule has 0 spiro atoms. The number of likely N-dealkylation sites (N-methyl/N-ethyl adjacent to an activating group) is 1. The maximum Gasteiger partial charge on any atom is 0.193 e. The average Bonchev–Trinajstić information content (AvgIpc) is 2.67. The van der Waals surface area contributed by atoms with Crippen molar-refractivity contribution >= 4 is 5.96 Å². The summed E-state index contributed by atoms with van der Waals surface area (Å²) in [5.74, 6) is 1.23. The van der Waals surface area contributed by atoms with Gasteiger partial charge in [0.05, 0.1) is 0 Å². The summed E-state index contributed by atoms with van der Waals surface area (Å²) < 4.78 is 13.1. The number of benzene rings is 1. The van der Waals surface area contributed by atoms with Crippen molar-refractivity contribution < 1.29 is 4.39 Å². The summed E-state index contributed by atoms with van der Waals surface area (Å²) in [5, 5.41) is 3.37. The first-order chi connectivity index (χ1) is 13.0. The molecule has 1 aromatic carbocycles. The molecule has 1 aliphatic heterocycles. The lowest BCUT2D eigenvalue weighted by atomic mass is 10.1. The van der Waals surface area contributed by atoms with Gasteiger partial charge in [0.15, 0.2) is 5.96 Å². The monoisotopic (exact) mass is 377 g/mol. The van der Waals surface area contributed by atoms with Crippen molar-refractivity contribution in [1.82, 2.24) is 20.0 Å². The molecule has 1 N–H and O–H groups in total. The second kappa shape index (κ2) is 11.2. The first kappa shape index (κ1) is 21.6. The van der Waals surface area contributed by atoms with E-state index in [-0.39, 0.29) is 5.82 Å². The van der Waals surface area contributed by atoms with Gasteiger partial charge in [-0.3, -0.25) is 4.99 Å². The van der Waals surface area contributed by atoms with E-state index in [1.807, 2.05) is 19.2 Å². The third kappa shape index (κ3) is 7.46. The number of piperazine rings is 1. The van der Waals surface area contributed by atoms with Gasteiger partial charge in [-0.15, -0.1) is 0 Å². The molecule has 6 heteroatoms. The first-order valence-electron chi connectivity index (χ1n) is 10.2. The quantitative estimate of drug-likeness (QED) is 0.558. The SMILES string of the molecule is CCNC(=NCC(C)CN1CCN(CC)CC1)N(C)Cc1ccc(F)cc1. The lowest BCUT2D eigenvalue weighted by molar-refractivity contribution is 0.125. The van der Waals surface area contributed by atoms with E-state index in [9.17, 15) is 4.39 Å². The van der Waals surface area contributed by atoms with Gasteiger partial charge in [0.1, 0.15) is 5.82 Å². The van der Waals surface area contributed by atoms with E-state index in [4.69, 9.17) is 4.99 Å². The van der Waals surface area contributed by atoms with Gasteiger partial charge in [-0.25, -0.2) is 4.39 Å². The number of hydrogen-bond acceptors (Lipinski definition) is 3. The Kier molecular flexibility index (Phi) is 9.01. The van der Waals surface area contributed by atoms with Crippen LogP contribution in [0.4, 0.5) is 4.39 Å². The Morgan fingerprint density at radius 1 is 1.15 bits per heavy atom. The van der Waals surface area contributed by atoms with Gasteiger partial charge >= 0.3 is 0 Å². The topological polar surface area (TPSA) is 34.1 Å². The highest BCUT2D eigenvalue weighted by molar-refractivity contribution is 5.79. The van der Waals surface area contributed by atoms with Gasteiger partial charge in [0, 0.05) is 59.4 Å². The van der Waals surface area contributed by atoms with Crippen LogP contribution < -0.4 is 5.32 Å². The van der Waals surface area contributed by atoms with E-state index < -0.39 is 0 Å². The van der Waals surface area contributed by atoms with Crippen LogP contribution >= 0.6 is 0 Å². The van der Waals surface area contributed by atoms with Crippen LogP contribution in [-0.4, -0.2) is 80.1 Å². The van der Waals surface area contributed by atoms with Crippen LogP contribution in [0, 0.1) is 11.7 Å². The predicted octanol–water partition coefficient (Wildman–Crippen LogP) is 2.50. The van der Waals surface area contributed by atoms with Crippen LogP contribution in [0.15, 0.2) is 29.3 Å². The molecule has 0 amide bonds. The van der Waals surface area contributed by atoms with E-state index in [0.717, 1.165) is 50.8 Å². The summed E-state index contributed by atoms with van der Waals surface area (Å²) in [7, 11) is 2.03. The smallest absolute Gasteiger partial charge is 0.193 e. The maximum atomic E-state index is 13.1. The Hall–Kier alpha value is -1.66. The molecule has 2 rings (SSSR count). The van der Waals surface area contributed by atoms with Crippen molar-refractivity contribution in [3.63, 3.8) is 0 Å². The third-order valence-corrected chi connectivity index (χ3v) is 5.06. The number of hydrogen-bond donors (Lipinski definition) is 1. The Morgan fingerprint density at radius 3 is 2.37 bits per heavy atom.